The molecule has 1 radical (unpaired) electrons. The molecule has 0 saturated carbocycles. The van der Waals surface area contributed by atoms with Gasteiger partial charge in [-0.15, -0.1) is 53.6 Å². The zero-order valence-electron chi connectivity index (χ0n) is 36.3. The van der Waals surface area contributed by atoms with E-state index in [0.29, 0.717) is 17.5 Å². The van der Waals surface area contributed by atoms with Crippen molar-refractivity contribution >= 4 is 22.1 Å². The van der Waals surface area contributed by atoms with Crippen molar-refractivity contribution in [3.63, 3.8) is 0 Å². The first-order valence-electron chi connectivity index (χ1n) is 20.5. The first-order chi connectivity index (χ1) is 27.7. The maximum Gasteiger partial charge on any atom is 0.216 e. The molecule has 0 N–H and O–H groups in total. The van der Waals surface area contributed by atoms with Gasteiger partial charge in [0, 0.05) is 43.4 Å². The zero-order chi connectivity index (χ0) is 41.3. The van der Waals surface area contributed by atoms with E-state index in [1.807, 2.05) is 24.5 Å². The van der Waals surface area contributed by atoms with E-state index in [4.69, 9.17) is 14.4 Å². The predicted octanol–water partition coefficient (Wildman–Crippen LogP) is 14.8. The molecule has 0 fully saturated rings. The molecule has 59 heavy (non-hydrogen) atoms. The minimum atomic E-state index is 0. The Kier molecular flexibility index (Phi) is 13.2. The van der Waals surface area contributed by atoms with Crippen LogP contribution in [0.2, 0.25) is 0 Å². The van der Waals surface area contributed by atoms with E-state index < -0.39 is 0 Å². The molecule has 0 unspecified atom stereocenters. The number of aryl methyl sites for hydroxylation is 4. The largest absolute Gasteiger partial charge is 0.486 e. The number of pyridine rings is 3. The fraction of sp³-hybridized carbons (Fsp3) is 0.278. The van der Waals surface area contributed by atoms with Crippen LogP contribution in [0.1, 0.15) is 99.2 Å². The molecule has 0 atom stereocenters. The molecular formula is C54H55IrN3O-2. The molecule has 4 aromatic carbocycles. The molecule has 4 heterocycles. The Morgan fingerprint density at radius 2 is 1.41 bits per heavy atom. The maximum absolute atomic E-state index is 6.58. The van der Waals surface area contributed by atoms with Crippen molar-refractivity contribution in [3.05, 3.63) is 161 Å². The van der Waals surface area contributed by atoms with Crippen LogP contribution < -0.4 is 0 Å². The van der Waals surface area contributed by atoms with Crippen molar-refractivity contribution in [2.24, 2.45) is 5.41 Å². The Labute approximate surface area is 364 Å². The van der Waals surface area contributed by atoms with Gasteiger partial charge in [0.1, 0.15) is 0 Å². The molecule has 8 rings (SSSR count). The number of aromatic nitrogens is 3. The van der Waals surface area contributed by atoms with Gasteiger partial charge in [0.05, 0.1) is 11.3 Å². The van der Waals surface area contributed by atoms with Crippen LogP contribution in [0.5, 0.6) is 0 Å². The Bertz CT molecular complexity index is 2720. The Hall–Kier alpha value is -5.22. The minimum Gasteiger partial charge on any atom is -0.486 e. The summed E-state index contributed by atoms with van der Waals surface area (Å²) in [5, 5.41) is 2.04. The average Bonchev–Trinajstić information content (AvgIpc) is 3.58. The smallest absolute Gasteiger partial charge is 0.216 e. The van der Waals surface area contributed by atoms with E-state index in [0.717, 1.165) is 51.0 Å². The number of hydrogen-bond donors (Lipinski definition) is 0. The van der Waals surface area contributed by atoms with Gasteiger partial charge in [-0.3, -0.25) is 0 Å². The van der Waals surface area contributed by atoms with Gasteiger partial charge in [0.15, 0.2) is 0 Å². The van der Waals surface area contributed by atoms with E-state index in [9.17, 15) is 0 Å². The second-order valence-electron chi connectivity index (χ2n) is 17.6. The molecule has 0 spiro atoms. The van der Waals surface area contributed by atoms with E-state index >= 15 is 0 Å². The Balaban J connectivity index is 0.000000308. The van der Waals surface area contributed by atoms with E-state index in [1.165, 1.54) is 55.6 Å². The normalized spacial score (nSPS) is 11.5. The number of fused-ring (bicyclic) bond motifs is 3. The minimum absolute atomic E-state index is 0. The second-order valence-corrected chi connectivity index (χ2v) is 17.6. The predicted molar refractivity (Wildman–Crippen MR) is 243 cm³/mol. The van der Waals surface area contributed by atoms with Gasteiger partial charge in [0.25, 0.3) is 0 Å². The monoisotopic (exact) mass is 954 g/mol. The SMILES string of the molecule is Cc1c[c-]c(-c2cc(C)c(C)cn2)cc1.Cc1cc(-c2[c-]ccc3c2oc2nc(-c4c(C(C)C)ccc(-c5ccccc5)c4C(C)C)ccc23)ncc1CC(C)(C)C.[Ir]. The topological polar surface area (TPSA) is 51.8 Å². The van der Waals surface area contributed by atoms with Crippen LogP contribution in [-0.4, -0.2) is 15.0 Å². The molecule has 0 amide bonds. The second kappa shape index (κ2) is 18.0. The molecular weight excluding hydrogens is 899 g/mol. The molecule has 0 bridgehead atoms. The van der Waals surface area contributed by atoms with Crippen LogP contribution in [-0.2, 0) is 26.5 Å². The summed E-state index contributed by atoms with van der Waals surface area (Å²) in [4.78, 5) is 14.5. The van der Waals surface area contributed by atoms with Crippen molar-refractivity contribution < 1.29 is 24.5 Å². The first kappa shape index (κ1) is 43.4. The summed E-state index contributed by atoms with van der Waals surface area (Å²) in [6, 6.07) is 40.7. The summed E-state index contributed by atoms with van der Waals surface area (Å²) in [5.41, 5.74) is 18.9. The van der Waals surface area contributed by atoms with Gasteiger partial charge in [-0.2, -0.15) is 0 Å². The van der Waals surface area contributed by atoms with E-state index in [1.54, 1.807) is 0 Å². The third-order valence-corrected chi connectivity index (χ3v) is 10.9. The molecule has 4 nitrogen and oxygen atoms in total. The van der Waals surface area contributed by atoms with Gasteiger partial charge < -0.3 is 14.4 Å². The van der Waals surface area contributed by atoms with Crippen molar-refractivity contribution in [1.82, 2.24) is 15.0 Å². The van der Waals surface area contributed by atoms with Crippen LogP contribution >= 0.6 is 0 Å². The number of nitrogens with zero attached hydrogens (tertiary/aromatic N) is 3. The molecule has 5 heteroatoms. The van der Waals surface area contributed by atoms with Gasteiger partial charge in [0.2, 0.25) is 5.71 Å². The van der Waals surface area contributed by atoms with Gasteiger partial charge >= 0.3 is 0 Å². The summed E-state index contributed by atoms with van der Waals surface area (Å²) in [6.07, 6.45) is 4.92. The first-order valence-corrected chi connectivity index (χ1v) is 20.5. The van der Waals surface area contributed by atoms with Crippen LogP contribution in [0.3, 0.4) is 0 Å². The molecule has 303 valence electrons. The zero-order valence-corrected chi connectivity index (χ0v) is 38.7. The number of hydrogen-bond acceptors (Lipinski definition) is 4. The quantitative estimate of drug-likeness (QED) is 0.149. The van der Waals surface area contributed by atoms with Gasteiger partial charge in [-0.25, -0.2) is 4.98 Å². The van der Waals surface area contributed by atoms with Crippen molar-refractivity contribution in [2.45, 2.75) is 94.4 Å². The van der Waals surface area contributed by atoms with Crippen molar-refractivity contribution in [2.75, 3.05) is 0 Å². The van der Waals surface area contributed by atoms with Crippen molar-refractivity contribution in [3.8, 4) is 44.9 Å². The Morgan fingerprint density at radius 3 is 2.05 bits per heavy atom. The maximum atomic E-state index is 6.58. The Morgan fingerprint density at radius 1 is 0.678 bits per heavy atom. The summed E-state index contributed by atoms with van der Waals surface area (Å²) in [5.74, 6) is 0.663. The van der Waals surface area contributed by atoms with Crippen LogP contribution in [0.4, 0.5) is 0 Å². The fourth-order valence-electron chi connectivity index (χ4n) is 7.74. The number of benzene rings is 4. The standard InChI is InChI=1S/C40H41N2O.C14H14N.Ir/c1-24(2)29-17-18-30(27-13-10-9-11-14-27)36(25(3)4)37(29)34-20-19-32-31-15-12-16-33(38(31)43-39(32)42-34)35-21-26(5)28(23-41-35)22-40(6,7)8;1-10-4-6-13(7-5-10)14-8-11(2)12(3)9-15-14;/h9-15,17-21,23-25H,22H2,1-8H3;4-6,8-9H,1-3H3;/q2*-1;. The van der Waals surface area contributed by atoms with Crippen LogP contribution in [0, 0.1) is 45.2 Å². The molecule has 0 aliphatic heterocycles. The molecule has 4 aromatic heterocycles. The fourth-order valence-corrected chi connectivity index (χ4v) is 7.74. The number of furan rings is 1. The summed E-state index contributed by atoms with van der Waals surface area (Å²) in [7, 11) is 0. The van der Waals surface area contributed by atoms with Crippen molar-refractivity contribution in [1.29, 1.82) is 0 Å². The molecule has 8 aromatic rings. The van der Waals surface area contributed by atoms with Crippen LogP contribution in [0.15, 0.2) is 114 Å². The summed E-state index contributed by atoms with van der Waals surface area (Å²) in [6.45, 7) is 24.3. The summed E-state index contributed by atoms with van der Waals surface area (Å²) < 4.78 is 6.58. The molecule has 0 saturated heterocycles. The number of rotatable bonds is 7. The van der Waals surface area contributed by atoms with Gasteiger partial charge in [-0.1, -0.05) is 132 Å². The summed E-state index contributed by atoms with van der Waals surface area (Å²) >= 11 is 0. The average molecular weight is 954 g/mol. The molecule has 0 aliphatic rings. The van der Waals surface area contributed by atoms with E-state index in [-0.39, 0.29) is 25.5 Å². The van der Waals surface area contributed by atoms with Crippen LogP contribution in [0.25, 0.3) is 67.0 Å². The van der Waals surface area contributed by atoms with E-state index in [2.05, 4.69) is 178 Å². The van der Waals surface area contributed by atoms with Gasteiger partial charge in [-0.05, 0) is 101 Å². The third kappa shape index (κ3) is 9.49. The third-order valence-electron chi connectivity index (χ3n) is 10.9. The molecule has 0 aliphatic carbocycles.